The molecule has 118 valence electrons. The number of hydrogen-bond donors (Lipinski definition) is 1. The van der Waals surface area contributed by atoms with Gasteiger partial charge in [-0.2, -0.15) is 0 Å². The Balaban J connectivity index is 2.46. The summed E-state index contributed by atoms with van der Waals surface area (Å²) in [5.74, 6) is 1.11. The van der Waals surface area contributed by atoms with Gasteiger partial charge in [0.15, 0.2) is 0 Å². The fourth-order valence-electron chi connectivity index (χ4n) is 2.99. The molecule has 0 aromatic carbocycles. The van der Waals surface area contributed by atoms with Crippen LogP contribution in [0.5, 0.6) is 0 Å². The van der Waals surface area contributed by atoms with E-state index < -0.39 is 0 Å². The molecule has 1 fully saturated rings. The van der Waals surface area contributed by atoms with E-state index in [0.29, 0.717) is 18.3 Å². The molecule has 1 heterocycles. The third-order valence-electron chi connectivity index (χ3n) is 4.02. The van der Waals surface area contributed by atoms with E-state index in [0.717, 1.165) is 22.1 Å². The first-order valence-corrected chi connectivity index (χ1v) is 8.83. The number of aromatic amines is 1. The highest BCUT2D eigenvalue weighted by atomic mass is 127. The summed E-state index contributed by atoms with van der Waals surface area (Å²) in [5, 5.41) is 0. The zero-order chi connectivity index (χ0) is 15.6. The quantitative estimate of drug-likeness (QED) is 0.767. The molecule has 1 atom stereocenters. The van der Waals surface area contributed by atoms with Crippen LogP contribution in [0.1, 0.15) is 76.9 Å². The van der Waals surface area contributed by atoms with Crippen molar-refractivity contribution in [3.8, 4) is 0 Å². The van der Waals surface area contributed by atoms with Gasteiger partial charge in [-0.05, 0) is 47.8 Å². The SMILES string of the molecule is CCOC(c1nc(C2CCCC2)c(I)c(=O)[nH]1)C(C)(C)C. The Morgan fingerprint density at radius 1 is 1.38 bits per heavy atom. The Morgan fingerprint density at radius 3 is 2.52 bits per heavy atom. The van der Waals surface area contributed by atoms with E-state index in [9.17, 15) is 4.79 Å². The molecule has 21 heavy (non-hydrogen) atoms. The zero-order valence-electron chi connectivity index (χ0n) is 13.3. The van der Waals surface area contributed by atoms with Crippen LogP contribution >= 0.6 is 22.6 Å². The van der Waals surface area contributed by atoms with Gasteiger partial charge >= 0.3 is 0 Å². The van der Waals surface area contributed by atoms with E-state index in [1.165, 1.54) is 12.8 Å². The highest BCUT2D eigenvalue weighted by Crippen LogP contribution is 2.37. The molecule has 0 amide bonds. The van der Waals surface area contributed by atoms with Gasteiger partial charge < -0.3 is 9.72 Å². The number of nitrogens with one attached hydrogen (secondary N) is 1. The summed E-state index contributed by atoms with van der Waals surface area (Å²) >= 11 is 2.13. The highest BCUT2D eigenvalue weighted by Gasteiger charge is 2.31. The van der Waals surface area contributed by atoms with E-state index >= 15 is 0 Å². The van der Waals surface area contributed by atoms with Crippen molar-refractivity contribution in [1.82, 2.24) is 9.97 Å². The van der Waals surface area contributed by atoms with Crippen molar-refractivity contribution in [3.05, 3.63) is 25.4 Å². The lowest BCUT2D eigenvalue weighted by Crippen LogP contribution is -2.28. The van der Waals surface area contributed by atoms with E-state index in [1.54, 1.807) is 0 Å². The van der Waals surface area contributed by atoms with Crippen LogP contribution in [0.2, 0.25) is 0 Å². The van der Waals surface area contributed by atoms with Gasteiger partial charge in [0.25, 0.3) is 5.56 Å². The molecule has 1 unspecified atom stereocenters. The number of H-pyrrole nitrogens is 1. The van der Waals surface area contributed by atoms with Crippen LogP contribution in [0.25, 0.3) is 0 Å². The third-order valence-corrected chi connectivity index (χ3v) is 5.06. The number of halogens is 1. The van der Waals surface area contributed by atoms with Crippen LogP contribution in [0.4, 0.5) is 0 Å². The average molecular weight is 404 g/mol. The number of hydrogen-bond acceptors (Lipinski definition) is 3. The standard InChI is InChI=1S/C16H25IN2O2/c1-5-21-13(16(2,3)4)14-18-12(10-8-6-7-9-10)11(17)15(20)19-14/h10,13H,5-9H2,1-4H3,(H,18,19,20). The Hall–Kier alpha value is -0.430. The molecule has 1 aromatic heterocycles. The molecule has 0 spiro atoms. The lowest BCUT2D eigenvalue weighted by Gasteiger charge is -2.30. The van der Waals surface area contributed by atoms with Gasteiger partial charge in [-0.15, -0.1) is 0 Å². The van der Waals surface area contributed by atoms with Crippen LogP contribution in [0, 0.1) is 8.99 Å². The van der Waals surface area contributed by atoms with Crippen molar-refractivity contribution in [2.45, 2.75) is 65.4 Å². The van der Waals surface area contributed by atoms with Crippen molar-refractivity contribution < 1.29 is 4.74 Å². The number of rotatable bonds is 4. The van der Waals surface area contributed by atoms with Crippen LogP contribution in [0.15, 0.2) is 4.79 Å². The van der Waals surface area contributed by atoms with Crippen LogP contribution in [0.3, 0.4) is 0 Å². The topological polar surface area (TPSA) is 55.0 Å². The maximum Gasteiger partial charge on any atom is 0.264 e. The molecule has 1 aliphatic rings. The summed E-state index contributed by atoms with van der Waals surface area (Å²) in [5.41, 5.74) is 0.836. The summed E-state index contributed by atoms with van der Waals surface area (Å²) in [6.07, 6.45) is 4.56. The molecular weight excluding hydrogens is 379 g/mol. The van der Waals surface area contributed by atoms with Crippen molar-refractivity contribution in [2.75, 3.05) is 6.61 Å². The molecule has 1 saturated carbocycles. The lowest BCUT2D eigenvalue weighted by molar-refractivity contribution is -0.0194. The summed E-state index contributed by atoms with van der Waals surface area (Å²) in [6.45, 7) is 8.92. The van der Waals surface area contributed by atoms with Crippen molar-refractivity contribution >= 4 is 22.6 Å². The predicted molar refractivity (Wildman–Crippen MR) is 92.6 cm³/mol. The second-order valence-corrected chi connectivity index (χ2v) is 7.91. The normalized spacial score (nSPS) is 18.1. The van der Waals surface area contributed by atoms with Crippen molar-refractivity contribution in [1.29, 1.82) is 0 Å². The first kappa shape index (κ1) is 16.9. The van der Waals surface area contributed by atoms with Gasteiger partial charge in [-0.25, -0.2) is 4.98 Å². The Kier molecular flexibility index (Phi) is 5.46. The third kappa shape index (κ3) is 3.86. The van der Waals surface area contributed by atoms with E-state index in [-0.39, 0.29) is 17.1 Å². The highest BCUT2D eigenvalue weighted by molar-refractivity contribution is 14.1. The number of ether oxygens (including phenoxy) is 1. The zero-order valence-corrected chi connectivity index (χ0v) is 15.5. The second-order valence-electron chi connectivity index (χ2n) is 6.83. The molecule has 4 nitrogen and oxygen atoms in total. The predicted octanol–water partition coefficient (Wildman–Crippen LogP) is 4.16. The molecule has 1 aliphatic carbocycles. The van der Waals surface area contributed by atoms with Crippen molar-refractivity contribution in [3.63, 3.8) is 0 Å². The fraction of sp³-hybridized carbons (Fsp3) is 0.750. The summed E-state index contributed by atoms with van der Waals surface area (Å²) in [6, 6.07) is 0. The molecule has 0 saturated heterocycles. The molecule has 1 N–H and O–H groups in total. The molecule has 0 bridgehead atoms. The fourth-order valence-corrected chi connectivity index (χ4v) is 3.69. The maximum absolute atomic E-state index is 12.3. The molecule has 0 aliphatic heterocycles. The average Bonchev–Trinajstić information content (AvgIpc) is 2.91. The van der Waals surface area contributed by atoms with Gasteiger partial charge in [-0.3, -0.25) is 4.79 Å². The molecule has 5 heteroatoms. The van der Waals surface area contributed by atoms with Gasteiger partial charge in [-0.1, -0.05) is 33.6 Å². The smallest absolute Gasteiger partial charge is 0.264 e. The maximum atomic E-state index is 12.3. The monoisotopic (exact) mass is 404 g/mol. The number of aromatic nitrogens is 2. The summed E-state index contributed by atoms with van der Waals surface area (Å²) < 4.78 is 6.61. The minimum Gasteiger partial charge on any atom is -0.370 e. The van der Waals surface area contributed by atoms with Gasteiger partial charge in [0, 0.05) is 12.5 Å². The largest absolute Gasteiger partial charge is 0.370 e. The summed E-state index contributed by atoms with van der Waals surface area (Å²) in [7, 11) is 0. The number of nitrogens with zero attached hydrogens (tertiary/aromatic N) is 1. The Labute approximate surface area is 140 Å². The van der Waals surface area contributed by atoms with E-state index in [2.05, 4.69) is 48.3 Å². The minimum absolute atomic E-state index is 0.0311. The first-order valence-electron chi connectivity index (χ1n) is 7.75. The molecule has 0 radical (unpaired) electrons. The molecule has 1 aromatic rings. The van der Waals surface area contributed by atoms with Crippen LogP contribution in [-0.4, -0.2) is 16.6 Å². The second kappa shape index (κ2) is 6.77. The molecule has 2 rings (SSSR count). The van der Waals surface area contributed by atoms with E-state index in [1.807, 2.05) is 6.92 Å². The van der Waals surface area contributed by atoms with E-state index in [4.69, 9.17) is 9.72 Å². The Bertz CT molecular complexity index is 542. The first-order chi connectivity index (χ1) is 9.84. The summed E-state index contributed by atoms with van der Waals surface area (Å²) in [4.78, 5) is 20.0. The Morgan fingerprint density at radius 2 is 2.00 bits per heavy atom. The van der Waals surface area contributed by atoms with Gasteiger partial charge in [0.1, 0.15) is 11.9 Å². The van der Waals surface area contributed by atoms with Crippen molar-refractivity contribution in [2.24, 2.45) is 5.41 Å². The minimum atomic E-state index is -0.188. The molecular formula is C16H25IN2O2. The van der Waals surface area contributed by atoms with Crippen LogP contribution in [-0.2, 0) is 4.74 Å². The lowest BCUT2D eigenvalue weighted by atomic mass is 9.88. The van der Waals surface area contributed by atoms with Gasteiger partial charge in [0.05, 0.1) is 9.26 Å². The van der Waals surface area contributed by atoms with Crippen LogP contribution < -0.4 is 5.56 Å². The van der Waals surface area contributed by atoms with Gasteiger partial charge in [0.2, 0.25) is 0 Å².